The first-order valence-corrected chi connectivity index (χ1v) is 9.07. The van der Waals surface area contributed by atoms with Crippen molar-refractivity contribution in [1.82, 2.24) is 9.88 Å². The fourth-order valence-corrected chi connectivity index (χ4v) is 3.82. The van der Waals surface area contributed by atoms with E-state index in [9.17, 15) is 4.79 Å². The van der Waals surface area contributed by atoms with Crippen LogP contribution in [0.2, 0.25) is 5.02 Å². The number of carbonyl (C=O) groups excluding carboxylic acids is 1. The number of halogens is 1. The third-order valence-electron chi connectivity index (χ3n) is 3.96. The minimum Gasteiger partial charge on any atom is -0.326 e. The Labute approximate surface area is 145 Å². The number of aromatic nitrogens is 1. The molecule has 2 heterocycles. The third kappa shape index (κ3) is 4.53. The number of benzene rings is 1. The van der Waals surface area contributed by atoms with E-state index in [2.05, 4.69) is 15.2 Å². The zero-order valence-corrected chi connectivity index (χ0v) is 14.7. The number of hydrogen-bond donors (Lipinski definition) is 1. The summed E-state index contributed by atoms with van der Waals surface area (Å²) in [5.74, 6) is -0.0477. The Morgan fingerprint density at radius 3 is 2.91 bits per heavy atom. The van der Waals surface area contributed by atoms with Crippen molar-refractivity contribution in [1.29, 1.82) is 0 Å². The topological polar surface area (TPSA) is 45.2 Å². The Hall–Kier alpha value is -1.43. The van der Waals surface area contributed by atoms with Gasteiger partial charge in [0.05, 0.1) is 18.7 Å². The maximum absolute atomic E-state index is 12.2. The number of aryl methyl sites for hydroxylation is 1. The molecule has 1 aliphatic heterocycles. The van der Waals surface area contributed by atoms with Crippen molar-refractivity contribution < 1.29 is 4.79 Å². The van der Waals surface area contributed by atoms with Crippen LogP contribution in [-0.4, -0.2) is 28.9 Å². The molecule has 23 heavy (non-hydrogen) atoms. The molecule has 0 saturated carbocycles. The summed E-state index contributed by atoms with van der Waals surface area (Å²) in [5, 5.41) is 6.68. The Morgan fingerprint density at radius 1 is 1.39 bits per heavy atom. The van der Waals surface area contributed by atoms with E-state index >= 15 is 0 Å². The molecule has 1 aromatic heterocycles. The average Bonchev–Trinajstić information content (AvgIpc) is 3.15. The predicted molar refractivity (Wildman–Crippen MR) is 95.1 cm³/mol. The summed E-state index contributed by atoms with van der Waals surface area (Å²) in [6.45, 7) is 5.15. The van der Waals surface area contributed by atoms with E-state index in [-0.39, 0.29) is 5.91 Å². The van der Waals surface area contributed by atoms with Crippen LogP contribution in [0.5, 0.6) is 0 Å². The lowest BCUT2D eigenvalue weighted by Crippen LogP contribution is -2.18. The number of hydrogen-bond acceptors (Lipinski definition) is 4. The number of likely N-dealkylation sites (tertiary alicyclic amines) is 1. The molecule has 0 spiro atoms. The van der Waals surface area contributed by atoms with Gasteiger partial charge in [-0.2, -0.15) is 0 Å². The number of nitrogens with zero attached hydrogens (tertiary/aromatic N) is 2. The van der Waals surface area contributed by atoms with E-state index < -0.39 is 0 Å². The highest BCUT2D eigenvalue weighted by atomic mass is 35.5. The fraction of sp³-hybridized carbons (Fsp3) is 0.412. The monoisotopic (exact) mass is 349 g/mol. The molecule has 1 aromatic carbocycles. The Kier molecular flexibility index (Phi) is 5.30. The molecule has 4 nitrogen and oxygen atoms in total. The summed E-state index contributed by atoms with van der Waals surface area (Å²) in [4.78, 5) is 19.2. The second-order valence-electron chi connectivity index (χ2n) is 5.90. The molecular weight excluding hydrogens is 330 g/mol. The number of anilines is 1. The molecule has 1 saturated heterocycles. The lowest BCUT2D eigenvalue weighted by atomic mass is 10.2. The molecule has 2 aromatic rings. The lowest BCUT2D eigenvalue weighted by Gasteiger charge is -2.11. The van der Waals surface area contributed by atoms with Crippen LogP contribution in [0, 0.1) is 6.92 Å². The predicted octanol–water partition coefficient (Wildman–Crippen LogP) is 3.88. The molecule has 0 radical (unpaired) electrons. The first kappa shape index (κ1) is 16.4. The molecule has 0 atom stereocenters. The summed E-state index contributed by atoms with van der Waals surface area (Å²) < 4.78 is 0. The maximum atomic E-state index is 12.2. The lowest BCUT2D eigenvalue weighted by molar-refractivity contribution is -0.115. The van der Waals surface area contributed by atoms with Crippen LogP contribution in [0.4, 0.5) is 5.69 Å². The minimum absolute atomic E-state index is 0.0477. The molecule has 1 aliphatic rings. The van der Waals surface area contributed by atoms with E-state index in [1.807, 2.05) is 24.4 Å². The molecule has 1 amide bonds. The first-order chi connectivity index (χ1) is 11.1. The van der Waals surface area contributed by atoms with Gasteiger partial charge < -0.3 is 5.32 Å². The van der Waals surface area contributed by atoms with Gasteiger partial charge in [0.15, 0.2) is 0 Å². The highest BCUT2D eigenvalue weighted by molar-refractivity contribution is 7.09. The van der Waals surface area contributed by atoms with Crippen molar-refractivity contribution in [2.75, 3.05) is 18.4 Å². The van der Waals surface area contributed by atoms with Crippen molar-refractivity contribution in [2.24, 2.45) is 0 Å². The van der Waals surface area contributed by atoms with Crippen LogP contribution in [0.3, 0.4) is 0 Å². The van der Waals surface area contributed by atoms with Crippen molar-refractivity contribution in [3.05, 3.63) is 44.9 Å². The van der Waals surface area contributed by atoms with Gasteiger partial charge in [-0.1, -0.05) is 11.6 Å². The summed E-state index contributed by atoms with van der Waals surface area (Å²) in [5.41, 5.74) is 2.60. The summed E-state index contributed by atoms with van der Waals surface area (Å²) in [6, 6.07) is 5.45. The fourth-order valence-electron chi connectivity index (χ4n) is 2.76. The van der Waals surface area contributed by atoms with Gasteiger partial charge in [0.2, 0.25) is 5.91 Å². The van der Waals surface area contributed by atoms with Gasteiger partial charge in [0.1, 0.15) is 5.01 Å². The van der Waals surface area contributed by atoms with Crippen LogP contribution in [0.25, 0.3) is 0 Å². The Balaban J connectivity index is 1.56. The Morgan fingerprint density at radius 2 is 2.17 bits per heavy atom. The van der Waals surface area contributed by atoms with Crippen molar-refractivity contribution in [2.45, 2.75) is 32.7 Å². The number of carbonyl (C=O) groups is 1. The summed E-state index contributed by atoms with van der Waals surface area (Å²) in [6.07, 6.45) is 2.86. The zero-order valence-electron chi connectivity index (χ0n) is 13.1. The Bertz CT molecular complexity index is 695. The highest BCUT2D eigenvalue weighted by Gasteiger charge is 2.15. The van der Waals surface area contributed by atoms with E-state index in [0.717, 1.165) is 41.6 Å². The molecule has 0 aliphatic carbocycles. The van der Waals surface area contributed by atoms with Crippen molar-refractivity contribution in [3.8, 4) is 0 Å². The SMILES string of the molecule is Cc1cc(Cl)ccc1NC(=O)Cc1csc(CN2CCCC2)n1. The zero-order chi connectivity index (χ0) is 16.2. The molecule has 122 valence electrons. The van der Waals surface area contributed by atoms with Crippen LogP contribution < -0.4 is 5.32 Å². The normalized spacial score (nSPS) is 15.0. The van der Waals surface area contributed by atoms with E-state index in [1.54, 1.807) is 17.4 Å². The molecule has 1 fully saturated rings. The van der Waals surface area contributed by atoms with E-state index in [0.29, 0.717) is 11.4 Å². The molecule has 6 heteroatoms. The summed E-state index contributed by atoms with van der Waals surface area (Å²) >= 11 is 7.57. The molecule has 0 bridgehead atoms. The second kappa shape index (κ2) is 7.43. The second-order valence-corrected chi connectivity index (χ2v) is 7.28. The van der Waals surface area contributed by atoms with Gasteiger partial charge >= 0.3 is 0 Å². The van der Waals surface area contributed by atoms with Crippen LogP contribution in [0.15, 0.2) is 23.6 Å². The molecule has 0 unspecified atom stereocenters. The first-order valence-electron chi connectivity index (χ1n) is 7.82. The van der Waals surface area contributed by atoms with Crippen LogP contribution >= 0.6 is 22.9 Å². The number of rotatable bonds is 5. The number of amides is 1. The van der Waals surface area contributed by atoms with Gasteiger partial charge in [0, 0.05) is 16.1 Å². The third-order valence-corrected chi connectivity index (χ3v) is 5.08. The van der Waals surface area contributed by atoms with Crippen LogP contribution in [0.1, 0.15) is 29.1 Å². The highest BCUT2D eigenvalue weighted by Crippen LogP contribution is 2.20. The number of nitrogens with one attached hydrogen (secondary N) is 1. The molecule has 3 rings (SSSR count). The maximum Gasteiger partial charge on any atom is 0.230 e. The largest absolute Gasteiger partial charge is 0.326 e. The van der Waals surface area contributed by atoms with Crippen molar-refractivity contribution in [3.63, 3.8) is 0 Å². The minimum atomic E-state index is -0.0477. The van der Waals surface area contributed by atoms with Gasteiger partial charge in [-0.25, -0.2) is 4.98 Å². The smallest absolute Gasteiger partial charge is 0.230 e. The van der Waals surface area contributed by atoms with E-state index in [1.165, 1.54) is 12.8 Å². The standard InChI is InChI=1S/C17H20ClN3OS/c1-12-8-13(18)4-5-15(12)20-16(22)9-14-11-23-17(19-14)10-21-6-2-3-7-21/h4-5,8,11H,2-3,6-7,9-10H2,1H3,(H,20,22). The number of thiazole rings is 1. The van der Waals surface area contributed by atoms with E-state index in [4.69, 9.17) is 11.6 Å². The molecule has 1 N–H and O–H groups in total. The van der Waals surface area contributed by atoms with Crippen molar-refractivity contribution >= 4 is 34.5 Å². The van der Waals surface area contributed by atoms with Gasteiger partial charge in [-0.3, -0.25) is 9.69 Å². The van der Waals surface area contributed by atoms with Gasteiger partial charge in [-0.15, -0.1) is 11.3 Å². The van der Waals surface area contributed by atoms with Crippen LogP contribution in [-0.2, 0) is 17.8 Å². The van der Waals surface area contributed by atoms with Gasteiger partial charge in [-0.05, 0) is 56.6 Å². The molecular formula is C17H20ClN3OS. The summed E-state index contributed by atoms with van der Waals surface area (Å²) in [7, 11) is 0. The average molecular weight is 350 g/mol. The van der Waals surface area contributed by atoms with Gasteiger partial charge in [0.25, 0.3) is 0 Å². The quantitative estimate of drug-likeness (QED) is 0.890.